The monoisotopic (exact) mass is 444 g/mol. The minimum atomic E-state index is -3.60. The number of sulfonamides is 1. The first kappa shape index (κ1) is 19.8. The number of rotatable bonds is 4. The van der Waals surface area contributed by atoms with Crippen molar-refractivity contribution in [3.05, 3.63) is 28.7 Å². The second-order valence-corrected chi connectivity index (χ2v) is 10.0. The molecule has 0 unspecified atom stereocenters. The van der Waals surface area contributed by atoms with E-state index in [-0.39, 0.29) is 35.4 Å². The van der Waals surface area contributed by atoms with Crippen LogP contribution < -0.4 is 5.32 Å². The lowest BCUT2D eigenvalue weighted by molar-refractivity contribution is -0.127. The number of aliphatic hydroxyl groups is 1. The highest BCUT2D eigenvalue weighted by Crippen LogP contribution is 2.26. The van der Waals surface area contributed by atoms with E-state index in [9.17, 15) is 18.3 Å². The Kier molecular flexibility index (Phi) is 6.37. The van der Waals surface area contributed by atoms with Gasteiger partial charge in [-0.1, -0.05) is 22.0 Å². The molecule has 1 amide bonds. The molecule has 0 bridgehead atoms. The maximum absolute atomic E-state index is 12.9. The highest BCUT2D eigenvalue weighted by Gasteiger charge is 2.34. The molecular weight excluding hydrogens is 420 g/mol. The Bertz CT molecular complexity index is 747. The minimum absolute atomic E-state index is 0.0690. The molecular formula is C18H25BrN2O4S. The quantitative estimate of drug-likeness (QED) is 0.745. The summed E-state index contributed by atoms with van der Waals surface area (Å²) in [4.78, 5) is 12.9. The van der Waals surface area contributed by atoms with E-state index >= 15 is 0 Å². The number of aliphatic hydroxyl groups excluding tert-OH is 1. The van der Waals surface area contributed by atoms with Gasteiger partial charge in [-0.25, -0.2) is 8.42 Å². The molecule has 0 spiro atoms. The summed E-state index contributed by atoms with van der Waals surface area (Å²) >= 11 is 3.31. The third-order valence-electron chi connectivity index (χ3n) is 5.23. The van der Waals surface area contributed by atoms with Crippen LogP contribution in [-0.2, 0) is 14.8 Å². The van der Waals surface area contributed by atoms with Crippen LogP contribution in [0.25, 0.3) is 0 Å². The number of amides is 1. The number of piperidine rings is 1. The first-order valence-corrected chi connectivity index (χ1v) is 11.3. The van der Waals surface area contributed by atoms with Gasteiger partial charge in [0.1, 0.15) is 0 Å². The third kappa shape index (κ3) is 4.65. The highest BCUT2D eigenvalue weighted by molar-refractivity contribution is 9.10. The van der Waals surface area contributed by atoms with Gasteiger partial charge in [0.05, 0.1) is 16.9 Å². The Morgan fingerprint density at radius 2 is 1.92 bits per heavy atom. The zero-order valence-electron chi connectivity index (χ0n) is 14.6. The van der Waals surface area contributed by atoms with Crippen molar-refractivity contribution in [1.82, 2.24) is 9.62 Å². The van der Waals surface area contributed by atoms with Crippen LogP contribution in [0.3, 0.4) is 0 Å². The molecule has 1 aromatic carbocycles. The predicted molar refractivity (Wildman–Crippen MR) is 102 cm³/mol. The van der Waals surface area contributed by atoms with Gasteiger partial charge < -0.3 is 10.4 Å². The Balaban J connectivity index is 1.64. The number of halogens is 1. The van der Waals surface area contributed by atoms with Crippen molar-refractivity contribution in [2.24, 2.45) is 5.92 Å². The summed E-state index contributed by atoms with van der Waals surface area (Å²) < 4.78 is 27.9. The molecule has 1 atom stereocenters. The standard InChI is InChI=1S/C18H25BrN2O4S/c19-14-4-1-5-17(11-14)26(24,25)21-10-2-3-13(12-21)18(23)20-15-6-8-16(22)9-7-15/h1,4-5,11,13,15-16,22H,2-3,6-10,12H2,(H,20,23)/t13-,15?,16?/m0/s1. The summed E-state index contributed by atoms with van der Waals surface area (Å²) in [5.74, 6) is -0.391. The maximum atomic E-state index is 12.9. The molecule has 26 heavy (non-hydrogen) atoms. The molecule has 2 fully saturated rings. The predicted octanol–water partition coefficient (Wildman–Crippen LogP) is 2.27. The lowest BCUT2D eigenvalue weighted by Gasteiger charge is -2.33. The Morgan fingerprint density at radius 1 is 1.19 bits per heavy atom. The second-order valence-electron chi connectivity index (χ2n) is 7.17. The van der Waals surface area contributed by atoms with Crippen LogP contribution in [0.5, 0.6) is 0 Å². The van der Waals surface area contributed by atoms with Crippen molar-refractivity contribution in [1.29, 1.82) is 0 Å². The lowest BCUT2D eigenvalue weighted by Crippen LogP contribution is -2.48. The Labute approximate surface area is 163 Å². The summed E-state index contributed by atoms with van der Waals surface area (Å²) in [5.41, 5.74) is 0. The van der Waals surface area contributed by atoms with Crippen LogP contribution >= 0.6 is 15.9 Å². The van der Waals surface area contributed by atoms with Gasteiger partial charge in [-0.2, -0.15) is 4.31 Å². The van der Waals surface area contributed by atoms with Crippen LogP contribution in [0.4, 0.5) is 0 Å². The maximum Gasteiger partial charge on any atom is 0.243 e. The zero-order chi connectivity index (χ0) is 18.7. The number of carbonyl (C=O) groups is 1. The fourth-order valence-electron chi connectivity index (χ4n) is 3.69. The molecule has 2 aliphatic rings. The topological polar surface area (TPSA) is 86.7 Å². The van der Waals surface area contributed by atoms with E-state index in [1.807, 2.05) is 0 Å². The molecule has 144 valence electrons. The molecule has 8 heteroatoms. The van der Waals surface area contributed by atoms with Crippen LogP contribution in [-0.4, -0.2) is 49.0 Å². The normalized spacial score (nSPS) is 27.8. The molecule has 6 nitrogen and oxygen atoms in total. The van der Waals surface area contributed by atoms with Gasteiger partial charge in [-0.05, 0) is 56.7 Å². The number of carbonyl (C=O) groups excluding carboxylic acids is 1. The van der Waals surface area contributed by atoms with E-state index in [1.54, 1.807) is 24.3 Å². The van der Waals surface area contributed by atoms with Crippen molar-refractivity contribution in [2.75, 3.05) is 13.1 Å². The molecule has 1 aromatic rings. The van der Waals surface area contributed by atoms with Crippen LogP contribution in [0.2, 0.25) is 0 Å². The molecule has 3 rings (SSSR count). The average molecular weight is 445 g/mol. The fraction of sp³-hybridized carbons (Fsp3) is 0.611. The summed E-state index contributed by atoms with van der Waals surface area (Å²) in [6.45, 7) is 0.657. The molecule has 0 aromatic heterocycles. The van der Waals surface area contributed by atoms with E-state index in [1.165, 1.54) is 4.31 Å². The van der Waals surface area contributed by atoms with Crippen molar-refractivity contribution in [3.8, 4) is 0 Å². The van der Waals surface area contributed by atoms with E-state index in [4.69, 9.17) is 0 Å². The molecule has 1 saturated heterocycles. The summed E-state index contributed by atoms with van der Waals surface area (Å²) in [6, 6.07) is 6.74. The van der Waals surface area contributed by atoms with Gasteiger partial charge in [0.25, 0.3) is 0 Å². The SMILES string of the molecule is O=C(NC1CCC(O)CC1)[C@H]1CCCN(S(=O)(=O)c2cccc(Br)c2)C1. The van der Waals surface area contributed by atoms with Gasteiger partial charge in [0.15, 0.2) is 0 Å². The zero-order valence-corrected chi connectivity index (χ0v) is 17.0. The van der Waals surface area contributed by atoms with E-state index in [0.29, 0.717) is 36.7 Å². The molecule has 1 heterocycles. The van der Waals surface area contributed by atoms with Crippen LogP contribution in [0.1, 0.15) is 38.5 Å². The minimum Gasteiger partial charge on any atom is -0.393 e. The number of nitrogens with zero attached hydrogens (tertiary/aromatic N) is 1. The highest BCUT2D eigenvalue weighted by atomic mass is 79.9. The van der Waals surface area contributed by atoms with E-state index < -0.39 is 10.0 Å². The summed E-state index contributed by atoms with van der Waals surface area (Å²) in [5, 5.41) is 12.6. The van der Waals surface area contributed by atoms with Gasteiger partial charge >= 0.3 is 0 Å². The summed E-state index contributed by atoms with van der Waals surface area (Å²) in [7, 11) is -3.60. The van der Waals surface area contributed by atoms with Gasteiger partial charge in [-0.15, -0.1) is 0 Å². The lowest BCUT2D eigenvalue weighted by atomic mass is 9.92. The van der Waals surface area contributed by atoms with Gasteiger partial charge in [-0.3, -0.25) is 4.79 Å². The van der Waals surface area contributed by atoms with Crippen molar-refractivity contribution >= 4 is 31.9 Å². The van der Waals surface area contributed by atoms with Crippen LogP contribution in [0.15, 0.2) is 33.6 Å². The number of hydrogen-bond donors (Lipinski definition) is 2. The van der Waals surface area contributed by atoms with E-state index in [0.717, 1.165) is 12.8 Å². The molecule has 1 aliphatic carbocycles. The van der Waals surface area contributed by atoms with Crippen molar-refractivity contribution in [2.45, 2.75) is 55.6 Å². The molecule has 1 saturated carbocycles. The van der Waals surface area contributed by atoms with Crippen molar-refractivity contribution < 1.29 is 18.3 Å². The summed E-state index contributed by atoms with van der Waals surface area (Å²) in [6.07, 6.45) is 4.08. The fourth-order valence-corrected chi connectivity index (χ4v) is 5.81. The molecule has 0 radical (unpaired) electrons. The molecule has 1 aliphatic heterocycles. The second kappa shape index (κ2) is 8.37. The van der Waals surface area contributed by atoms with Crippen molar-refractivity contribution in [3.63, 3.8) is 0 Å². The largest absolute Gasteiger partial charge is 0.393 e. The Hall–Kier alpha value is -0.960. The molecule has 2 N–H and O–H groups in total. The van der Waals surface area contributed by atoms with Gasteiger partial charge in [0, 0.05) is 23.6 Å². The van der Waals surface area contributed by atoms with Gasteiger partial charge in [0.2, 0.25) is 15.9 Å². The third-order valence-corrected chi connectivity index (χ3v) is 7.59. The number of benzene rings is 1. The smallest absolute Gasteiger partial charge is 0.243 e. The van der Waals surface area contributed by atoms with E-state index in [2.05, 4.69) is 21.2 Å². The first-order chi connectivity index (χ1) is 12.4. The Morgan fingerprint density at radius 3 is 2.62 bits per heavy atom. The number of nitrogens with one attached hydrogen (secondary N) is 1. The van der Waals surface area contributed by atoms with Crippen LogP contribution in [0, 0.1) is 5.92 Å². The number of hydrogen-bond acceptors (Lipinski definition) is 4. The first-order valence-electron chi connectivity index (χ1n) is 9.10. The average Bonchev–Trinajstić information content (AvgIpc) is 2.63.